The molecule has 2 aromatic rings. The predicted octanol–water partition coefficient (Wildman–Crippen LogP) is 2.90. The largest absolute Gasteiger partial charge is 0.480 e. The normalized spacial score (nSPS) is 13.7. The van der Waals surface area contributed by atoms with Crippen LogP contribution in [0.5, 0.6) is 0 Å². The van der Waals surface area contributed by atoms with Crippen LogP contribution in [0.1, 0.15) is 16.4 Å². The summed E-state index contributed by atoms with van der Waals surface area (Å²) in [4.78, 5) is 11.3. The Morgan fingerprint density at radius 1 is 1.15 bits per heavy atom. The first-order valence-electron chi connectivity index (χ1n) is 5.97. The van der Waals surface area contributed by atoms with Crippen LogP contribution in [0.2, 0.25) is 0 Å². The maximum absolute atomic E-state index is 13.1. The van der Waals surface area contributed by atoms with Crippen molar-refractivity contribution in [2.24, 2.45) is 0 Å². The van der Waals surface area contributed by atoms with E-state index in [4.69, 9.17) is 0 Å². The molecule has 1 N–H and O–H groups in total. The van der Waals surface area contributed by atoms with Gasteiger partial charge < -0.3 is 5.11 Å². The summed E-state index contributed by atoms with van der Waals surface area (Å²) in [6, 6.07) is 14.1. The minimum Gasteiger partial charge on any atom is -0.480 e. The maximum Gasteiger partial charge on any atom is 0.323 e. The van der Waals surface area contributed by atoms with Crippen molar-refractivity contribution in [2.45, 2.75) is 11.0 Å². The molecule has 0 heterocycles. The van der Waals surface area contributed by atoms with Gasteiger partial charge in [0.25, 0.3) is 0 Å². The van der Waals surface area contributed by atoms with E-state index in [9.17, 15) is 18.5 Å². The zero-order chi connectivity index (χ0) is 14.5. The summed E-state index contributed by atoms with van der Waals surface area (Å²) in [5.74, 6) is -1.57. The van der Waals surface area contributed by atoms with Gasteiger partial charge >= 0.3 is 5.97 Å². The van der Waals surface area contributed by atoms with E-state index in [1.807, 2.05) is 0 Å². The predicted molar refractivity (Wildman–Crippen MR) is 75.1 cm³/mol. The minimum absolute atomic E-state index is 0.00359. The molecule has 0 bridgehead atoms. The topological polar surface area (TPSA) is 54.4 Å². The highest BCUT2D eigenvalue weighted by atomic mass is 32.2. The molecule has 20 heavy (non-hydrogen) atoms. The lowest BCUT2D eigenvalue weighted by atomic mass is 10.1. The van der Waals surface area contributed by atoms with Crippen molar-refractivity contribution in [3.8, 4) is 0 Å². The Balaban J connectivity index is 2.23. The summed E-state index contributed by atoms with van der Waals surface area (Å²) >= 11 is 0. The van der Waals surface area contributed by atoms with E-state index < -0.39 is 27.8 Å². The van der Waals surface area contributed by atoms with Gasteiger partial charge in [0.2, 0.25) is 0 Å². The number of carboxylic acid groups (broad SMARTS) is 1. The quantitative estimate of drug-likeness (QED) is 0.922. The summed E-state index contributed by atoms with van der Waals surface area (Å²) in [6.45, 7) is 0. The number of hydrogen-bond acceptors (Lipinski definition) is 2. The summed E-state index contributed by atoms with van der Waals surface area (Å²) in [5.41, 5.74) is 1.00. The first-order valence-corrected chi connectivity index (χ1v) is 7.35. The third kappa shape index (κ3) is 3.51. The number of carbonyl (C=O) groups is 1. The number of halogens is 1. The van der Waals surface area contributed by atoms with Crippen LogP contribution >= 0.6 is 0 Å². The van der Waals surface area contributed by atoms with Gasteiger partial charge in [-0.25, -0.2) is 4.39 Å². The van der Waals surface area contributed by atoms with E-state index in [0.29, 0.717) is 11.1 Å². The third-order valence-corrected chi connectivity index (χ3v) is 4.40. The molecular formula is C15H13FO3S. The Hall–Kier alpha value is -2.01. The van der Waals surface area contributed by atoms with Gasteiger partial charge in [0.1, 0.15) is 5.82 Å². The minimum atomic E-state index is -1.66. The molecule has 0 amide bonds. The number of hydrogen-bond donors (Lipinski definition) is 1. The second kappa shape index (κ2) is 6.43. The SMILES string of the molecule is O=C(O)C(c1ccccc1)S(=O)Cc1cccc(F)c1. The van der Waals surface area contributed by atoms with Gasteiger partial charge in [-0.2, -0.15) is 0 Å². The highest BCUT2D eigenvalue weighted by Crippen LogP contribution is 2.23. The highest BCUT2D eigenvalue weighted by molar-refractivity contribution is 7.85. The molecule has 0 aliphatic heterocycles. The molecule has 3 nitrogen and oxygen atoms in total. The Bertz CT molecular complexity index is 628. The second-order valence-corrected chi connectivity index (χ2v) is 5.81. The summed E-state index contributed by atoms with van der Waals surface area (Å²) in [7, 11) is -1.66. The lowest BCUT2D eigenvalue weighted by Gasteiger charge is -2.12. The van der Waals surface area contributed by atoms with Crippen molar-refractivity contribution in [2.75, 3.05) is 0 Å². The Morgan fingerprint density at radius 2 is 1.85 bits per heavy atom. The number of rotatable bonds is 5. The van der Waals surface area contributed by atoms with Crippen molar-refractivity contribution in [1.82, 2.24) is 0 Å². The van der Waals surface area contributed by atoms with Crippen molar-refractivity contribution < 1.29 is 18.5 Å². The average Bonchev–Trinajstić information content (AvgIpc) is 2.39. The molecule has 0 aliphatic carbocycles. The van der Waals surface area contributed by atoms with Crippen LogP contribution in [0.4, 0.5) is 4.39 Å². The first-order chi connectivity index (χ1) is 9.58. The lowest BCUT2D eigenvalue weighted by molar-refractivity contribution is -0.136. The molecule has 2 aromatic carbocycles. The molecule has 2 rings (SSSR count). The van der Waals surface area contributed by atoms with E-state index in [-0.39, 0.29) is 5.75 Å². The molecule has 0 spiro atoms. The van der Waals surface area contributed by atoms with Crippen LogP contribution in [-0.4, -0.2) is 15.3 Å². The molecule has 0 saturated heterocycles. The number of carboxylic acids is 1. The third-order valence-electron chi connectivity index (χ3n) is 2.79. The summed E-state index contributed by atoms with van der Waals surface area (Å²) < 4.78 is 25.4. The second-order valence-electron chi connectivity index (χ2n) is 4.28. The number of aliphatic carboxylic acids is 1. The lowest BCUT2D eigenvalue weighted by Crippen LogP contribution is -2.18. The van der Waals surface area contributed by atoms with Gasteiger partial charge in [0, 0.05) is 16.6 Å². The van der Waals surface area contributed by atoms with Crippen molar-refractivity contribution in [1.29, 1.82) is 0 Å². The average molecular weight is 292 g/mol. The monoisotopic (exact) mass is 292 g/mol. The van der Waals surface area contributed by atoms with Crippen LogP contribution in [0.25, 0.3) is 0 Å². The molecular weight excluding hydrogens is 279 g/mol. The van der Waals surface area contributed by atoms with Crippen LogP contribution in [0, 0.1) is 5.82 Å². The molecule has 2 unspecified atom stereocenters. The molecule has 2 atom stereocenters. The molecule has 104 valence electrons. The van der Waals surface area contributed by atoms with E-state index >= 15 is 0 Å². The summed E-state index contributed by atoms with van der Waals surface area (Å²) in [5, 5.41) is 8.15. The molecule has 0 radical (unpaired) electrons. The van der Waals surface area contributed by atoms with Crippen LogP contribution in [0.3, 0.4) is 0 Å². The Labute approximate surface area is 118 Å². The Morgan fingerprint density at radius 3 is 2.45 bits per heavy atom. The van der Waals surface area contributed by atoms with Gasteiger partial charge in [0.15, 0.2) is 5.25 Å². The van der Waals surface area contributed by atoms with Crippen LogP contribution in [-0.2, 0) is 21.3 Å². The maximum atomic E-state index is 13.1. The Kier molecular flexibility index (Phi) is 4.63. The smallest absolute Gasteiger partial charge is 0.323 e. The molecule has 0 aliphatic rings. The van der Waals surface area contributed by atoms with Gasteiger partial charge in [-0.15, -0.1) is 0 Å². The van der Waals surface area contributed by atoms with E-state index in [2.05, 4.69) is 0 Å². The van der Waals surface area contributed by atoms with Crippen molar-refractivity contribution in [3.05, 3.63) is 71.5 Å². The fourth-order valence-electron chi connectivity index (χ4n) is 1.91. The number of benzene rings is 2. The van der Waals surface area contributed by atoms with Gasteiger partial charge in [0.05, 0.1) is 0 Å². The van der Waals surface area contributed by atoms with E-state index in [1.165, 1.54) is 18.2 Å². The molecule has 0 saturated carbocycles. The van der Waals surface area contributed by atoms with Crippen molar-refractivity contribution >= 4 is 16.8 Å². The fourth-order valence-corrected chi connectivity index (χ4v) is 3.27. The van der Waals surface area contributed by atoms with Gasteiger partial charge in [-0.3, -0.25) is 9.00 Å². The summed E-state index contributed by atoms with van der Waals surface area (Å²) in [6.07, 6.45) is 0. The molecule has 5 heteroatoms. The first kappa shape index (κ1) is 14.4. The van der Waals surface area contributed by atoms with Gasteiger partial charge in [-0.1, -0.05) is 42.5 Å². The van der Waals surface area contributed by atoms with E-state index in [1.54, 1.807) is 36.4 Å². The molecule has 0 fully saturated rings. The van der Waals surface area contributed by atoms with Gasteiger partial charge in [-0.05, 0) is 23.3 Å². The van der Waals surface area contributed by atoms with Crippen molar-refractivity contribution in [3.63, 3.8) is 0 Å². The van der Waals surface area contributed by atoms with Crippen LogP contribution in [0.15, 0.2) is 54.6 Å². The fraction of sp³-hybridized carbons (Fsp3) is 0.133. The van der Waals surface area contributed by atoms with Crippen LogP contribution < -0.4 is 0 Å². The zero-order valence-corrected chi connectivity index (χ0v) is 11.3. The van der Waals surface area contributed by atoms with E-state index in [0.717, 1.165) is 0 Å². The standard InChI is InChI=1S/C15H13FO3S/c16-13-8-4-5-11(9-13)10-20(19)14(15(17)18)12-6-2-1-3-7-12/h1-9,14H,10H2,(H,17,18). The highest BCUT2D eigenvalue weighted by Gasteiger charge is 2.26. The zero-order valence-electron chi connectivity index (χ0n) is 10.5. The molecule has 0 aromatic heterocycles.